The van der Waals surface area contributed by atoms with E-state index in [1.165, 1.54) is 19.2 Å². The van der Waals surface area contributed by atoms with Crippen molar-refractivity contribution in [2.24, 2.45) is 0 Å². The summed E-state index contributed by atoms with van der Waals surface area (Å²) >= 11 is 0. The molecule has 0 aliphatic rings. The average molecular weight is 224 g/mol. The summed E-state index contributed by atoms with van der Waals surface area (Å²) in [5, 5.41) is 17.9. The number of hydrogen-bond donors (Lipinski definition) is 2. The Labute approximate surface area is 92.3 Å². The van der Waals surface area contributed by atoms with Crippen LogP contribution >= 0.6 is 0 Å². The van der Waals surface area contributed by atoms with E-state index < -0.39 is 11.9 Å². The van der Waals surface area contributed by atoms with Gasteiger partial charge in [-0.25, -0.2) is 9.59 Å². The van der Waals surface area contributed by atoms with E-state index in [2.05, 4.69) is 0 Å². The predicted molar refractivity (Wildman–Crippen MR) is 55.8 cm³/mol. The third kappa shape index (κ3) is 2.38. The quantitative estimate of drug-likeness (QED) is 0.810. The molecule has 5 heteroatoms. The molecule has 0 aliphatic carbocycles. The number of aryl methyl sites for hydroxylation is 1. The molecule has 1 aromatic rings. The third-order valence-electron chi connectivity index (χ3n) is 2.14. The Morgan fingerprint density at radius 3 is 1.94 bits per heavy atom. The van der Waals surface area contributed by atoms with E-state index in [1.54, 1.807) is 6.92 Å². The van der Waals surface area contributed by atoms with E-state index in [0.29, 0.717) is 5.56 Å². The molecule has 0 aromatic heterocycles. The topological polar surface area (TPSA) is 83.8 Å². The standard InChI is InChI=1S/C11H12O5/c1-6-3-7(10(12)13)9(5-16-2)8(4-6)11(14)15/h3-4H,5H2,1-2H3,(H,12,13)(H,14,15). The molecule has 86 valence electrons. The van der Waals surface area contributed by atoms with Gasteiger partial charge in [-0.15, -0.1) is 0 Å². The van der Waals surface area contributed by atoms with Crippen molar-refractivity contribution >= 4 is 11.9 Å². The molecule has 2 N–H and O–H groups in total. The van der Waals surface area contributed by atoms with Crippen LogP contribution in [0.1, 0.15) is 31.8 Å². The van der Waals surface area contributed by atoms with Gasteiger partial charge in [0.25, 0.3) is 0 Å². The van der Waals surface area contributed by atoms with Crippen molar-refractivity contribution in [3.8, 4) is 0 Å². The molecule has 0 spiro atoms. The molecule has 0 saturated carbocycles. The summed E-state index contributed by atoms with van der Waals surface area (Å²) in [4.78, 5) is 22.0. The van der Waals surface area contributed by atoms with Crippen LogP contribution < -0.4 is 0 Å². The van der Waals surface area contributed by atoms with E-state index in [4.69, 9.17) is 14.9 Å². The molecule has 0 atom stereocenters. The number of carbonyl (C=O) groups is 2. The van der Waals surface area contributed by atoms with Crippen molar-refractivity contribution in [2.75, 3.05) is 7.11 Å². The molecule has 1 rings (SSSR count). The zero-order chi connectivity index (χ0) is 12.3. The van der Waals surface area contributed by atoms with Crippen LogP contribution in [0.3, 0.4) is 0 Å². The van der Waals surface area contributed by atoms with Crippen molar-refractivity contribution in [3.63, 3.8) is 0 Å². The molecule has 0 heterocycles. The molecule has 0 radical (unpaired) electrons. The van der Waals surface area contributed by atoms with Crippen molar-refractivity contribution in [2.45, 2.75) is 13.5 Å². The van der Waals surface area contributed by atoms with Gasteiger partial charge < -0.3 is 14.9 Å². The lowest BCUT2D eigenvalue weighted by molar-refractivity contribution is 0.0687. The summed E-state index contributed by atoms with van der Waals surface area (Å²) in [5.74, 6) is -2.31. The molecule has 0 saturated heterocycles. The van der Waals surface area contributed by atoms with Gasteiger partial charge in [-0.1, -0.05) is 0 Å². The number of carboxylic acids is 2. The molecule has 1 aromatic carbocycles. The van der Waals surface area contributed by atoms with Crippen LogP contribution in [0.5, 0.6) is 0 Å². The van der Waals surface area contributed by atoms with Crippen LogP contribution in [0.2, 0.25) is 0 Å². The second-order valence-electron chi connectivity index (χ2n) is 3.38. The number of rotatable bonds is 4. The van der Waals surface area contributed by atoms with Gasteiger partial charge in [0.15, 0.2) is 0 Å². The van der Waals surface area contributed by atoms with Gasteiger partial charge in [-0.05, 0) is 24.6 Å². The van der Waals surface area contributed by atoms with E-state index in [-0.39, 0.29) is 23.3 Å². The fourth-order valence-electron chi connectivity index (χ4n) is 1.50. The SMILES string of the molecule is COCc1c(C(=O)O)cc(C)cc1C(=O)O. The molecule has 0 aliphatic heterocycles. The maximum atomic E-state index is 11.0. The Kier molecular flexibility index (Phi) is 3.63. The van der Waals surface area contributed by atoms with Crippen LogP contribution in [0.15, 0.2) is 12.1 Å². The fourth-order valence-corrected chi connectivity index (χ4v) is 1.50. The minimum absolute atomic E-state index is 0.0285. The summed E-state index contributed by atoms with van der Waals surface area (Å²) in [6.07, 6.45) is 0. The van der Waals surface area contributed by atoms with Crippen LogP contribution in [-0.4, -0.2) is 29.3 Å². The number of methoxy groups -OCH3 is 1. The first-order chi connectivity index (χ1) is 7.47. The lowest BCUT2D eigenvalue weighted by Crippen LogP contribution is -2.11. The molecule has 0 fully saturated rings. The summed E-state index contributed by atoms with van der Waals surface area (Å²) in [5.41, 5.74) is 0.723. The van der Waals surface area contributed by atoms with Crippen molar-refractivity contribution in [3.05, 3.63) is 34.4 Å². The highest BCUT2D eigenvalue weighted by Crippen LogP contribution is 2.19. The maximum Gasteiger partial charge on any atom is 0.336 e. The summed E-state index contributed by atoms with van der Waals surface area (Å²) in [7, 11) is 1.39. The number of benzene rings is 1. The van der Waals surface area contributed by atoms with E-state index in [9.17, 15) is 9.59 Å². The summed E-state index contributed by atoms with van der Waals surface area (Å²) in [6.45, 7) is 1.61. The Morgan fingerprint density at radius 2 is 1.62 bits per heavy atom. The second kappa shape index (κ2) is 4.76. The second-order valence-corrected chi connectivity index (χ2v) is 3.38. The lowest BCUT2D eigenvalue weighted by Gasteiger charge is -2.10. The highest BCUT2D eigenvalue weighted by Gasteiger charge is 2.18. The lowest BCUT2D eigenvalue weighted by atomic mass is 9.98. The monoisotopic (exact) mass is 224 g/mol. The van der Waals surface area contributed by atoms with E-state index in [1.807, 2.05) is 0 Å². The summed E-state index contributed by atoms with van der Waals surface area (Å²) < 4.78 is 4.82. The molecule has 0 amide bonds. The Balaban J connectivity index is 3.47. The smallest absolute Gasteiger partial charge is 0.336 e. The van der Waals surface area contributed by atoms with Gasteiger partial charge >= 0.3 is 11.9 Å². The van der Waals surface area contributed by atoms with Gasteiger partial charge in [0, 0.05) is 12.7 Å². The van der Waals surface area contributed by atoms with Gasteiger partial charge in [-0.2, -0.15) is 0 Å². The van der Waals surface area contributed by atoms with E-state index >= 15 is 0 Å². The van der Waals surface area contributed by atoms with Crippen molar-refractivity contribution in [1.29, 1.82) is 0 Å². The largest absolute Gasteiger partial charge is 0.478 e. The zero-order valence-electron chi connectivity index (χ0n) is 8.98. The molecule has 0 bridgehead atoms. The van der Waals surface area contributed by atoms with Crippen LogP contribution in [-0.2, 0) is 11.3 Å². The first-order valence-corrected chi connectivity index (χ1v) is 4.56. The number of hydrogen-bond acceptors (Lipinski definition) is 3. The first-order valence-electron chi connectivity index (χ1n) is 4.56. The minimum Gasteiger partial charge on any atom is -0.478 e. The molecular weight excluding hydrogens is 212 g/mol. The van der Waals surface area contributed by atoms with Gasteiger partial charge in [0.2, 0.25) is 0 Å². The van der Waals surface area contributed by atoms with Crippen molar-refractivity contribution < 1.29 is 24.5 Å². The normalized spacial score (nSPS) is 10.1. The highest BCUT2D eigenvalue weighted by atomic mass is 16.5. The fraction of sp³-hybridized carbons (Fsp3) is 0.273. The summed E-state index contributed by atoms with van der Waals surface area (Å²) in [6, 6.07) is 2.87. The molecule has 5 nitrogen and oxygen atoms in total. The van der Waals surface area contributed by atoms with E-state index in [0.717, 1.165) is 0 Å². The Hall–Kier alpha value is -1.88. The zero-order valence-corrected chi connectivity index (χ0v) is 8.98. The number of ether oxygens (including phenoxy) is 1. The first kappa shape index (κ1) is 12.2. The van der Waals surface area contributed by atoms with Gasteiger partial charge in [-0.3, -0.25) is 0 Å². The Bertz CT molecular complexity index is 401. The number of carboxylic acid groups (broad SMARTS) is 2. The Morgan fingerprint density at radius 1 is 1.19 bits per heavy atom. The average Bonchev–Trinajstić information content (AvgIpc) is 2.19. The maximum absolute atomic E-state index is 11.0. The molecule has 0 unspecified atom stereocenters. The minimum atomic E-state index is -1.15. The van der Waals surface area contributed by atoms with Crippen molar-refractivity contribution in [1.82, 2.24) is 0 Å². The van der Waals surface area contributed by atoms with Gasteiger partial charge in [0.1, 0.15) is 0 Å². The van der Waals surface area contributed by atoms with Gasteiger partial charge in [0.05, 0.1) is 17.7 Å². The van der Waals surface area contributed by atoms with Crippen LogP contribution in [0, 0.1) is 6.92 Å². The molecule has 16 heavy (non-hydrogen) atoms. The number of aromatic carboxylic acids is 2. The van der Waals surface area contributed by atoms with Crippen LogP contribution in [0.4, 0.5) is 0 Å². The highest BCUT2D eigenvalue weighted by molar-refractivity contribution is 5.96. The third-order valence-corrected chi connectivity index (χ3v) is 2.14. The predicted octanol–water partition coefficient (Wildman–Crippen LogP) is 1.54. The molecular formula is C11H12O5. The van der Waals surface area contributed by atoms with Crippen LogP contribution in [0.25, 0.3) is 0 Å².